The Morgan fingerprint density at radius 3 is 3.00 bits per heavy atom. The Hall–Kier alpha value is -1.42. The van der Waals surface area contributed by atoms with E-state index in [4.69, 9.17) is 0 Å². The zero-order chi connectivity index (χ0) is 10.1. The molecule has 0 radical (unpaired) electrons. The summed E-state index contributed by atoms with van der Waals surface area (Å²) in [5.74, 6) is -0.0826. The summed E-state index contributed by atoms with van der Waals surface area (Å²) in [7, 11) is 0. The monoisotopic (exact) mass is 206 g/mol. The second-order valence-electron chi connectivity index (χ2n) is 3.17. The van der Waals surface area contributed by atoms with Gasteiger partial charge in [-0.2, -0.15) is 0 Å². The van der Waals surface area contributed by atoms with Crippen LogP contribution in [0.4, 0.5) is 5.13 Å². The molecule has 0 fully saturated rings. The zero-order valence-electron chi connectivity index (χ0n) is 8.00. The van der Waals surface area contributed by atoms with E-state index in [1.165, 1.54) is 23.8 Å². The minimum atomic E-state index is -0.0826. The summed E-state index contributed by atoms with van der Waals surface area (Å²) >= 11 is 1.49. The Balaban J connectivity index is 2.46. The lowest BCUT2D eigenvalue weighted by Crippen LogP contribution is -2.04. The van der Waals surface area contributed by atoms with Gasteiger partial charge in [0.05, 0.1) is 10.2 Å². The number of aryl methyl sites for hydroxylation is 1. The first-order chi connectivity index (χ1) is 6.65. The van der Waals surface area contributed by atoms with Crippen LogP contribution < -0.4 is 5.32 Å². The number of amides is 1. The van der Waals surface area contributed by atoms with Gasteiger partial charge in [0.1, 0.15) is 0 Å². The molecular weight excluding hydrogens is 196 g/mol. The number of anilines is 1. The standard InChI is InChI=1S/C10H10N2OS/c1-6-3-4-9-8(5-6)12-10(14-9)11-7(2)13/h3-5H,1-2H3,(H,11,12,13). The molecule has 2 aromatic rings. The lowest BCUT2D eigenvalue weighted by atomic mass is 10.2. The lowest BCUT2D eigenvalue weighted by Gasteiger charge is -1.91. The van der Waals surface area contributed by atoms with Crippen molar-refractivity contribution in [2.75, 3.05) is 5.32 Å². The average Bonchev–Trinajstić information content (AvgIpc) is 2.44. The third-order valence-electron chi connectivity index (χ3n) is 1.83. The largest absolute Gasteiger partial charge is 0.302 e. The number of rotatable bonds is 1. The van der Waals surface area contributed by atoms with Crippen LogP contribution in [0.1, 0.15) is 12.5 Å². The smallest absolute Gasteiger partial charge is 0.223 e. The fourth-order valence-corrected chi connectivity index (χ4v) is 2.13. The highest BCUT2D eigenvalue weighted by atomic mass is 32.1. The average molecular weight is 206 g/mol. The number of carbonyl (C=O) groups is 1. The summed E-state index contributed by atoms with van der Waals surface area (Å²) < 4.78 is 1.10. The van der Waals surface area contributed by atoms with Crippen LogP contribution in [-0.2, 0) is 4.79 Å². The molecule has 0 aliphatic rings. The van der Waals surface area contributed by atoms with Gasteiger partial charge in [0.25, 0.3) is 0 Å². The molecule has 1 amide bonds. The van der Waals surface area contributed by atoms with Crippen molar-refractivity contribution in [3.63, 3.8) is 0 Å². The molecule has 0 unspecified atom stereocenters. The van der Waals surface area contributed by atoms with Crippen molar-refractivity contribution in [2.24, 2.45) is 0 Å². The number of aromatic nitrogens is 1. The molecule has 0 spiro atoms. The Bertz CT molecular complexity index is 490. The van der Waals surface area contributed by atoms with Gasteiger partial charge in [0.15, 0.2) is 5.13 Å². The molecule has 0 aliphatic carbocycles. The van der Waals surface area contributed by atoms with Gasteiger partial charge < -0.3 is 5.32 Å². The Kier molecular flexibility index (Phi) is 2.21. The molecule has 1 aromatic heterocycles. The molecule has 0 bridgehead atoms. The van der Waals surface area contributed by atoms with Crippen LogP contribution in [0.5, 0.6) is 0 Å². The fourth-order valence-electron chi connectivity index (χ4n) is 1.24. The van der Waals surface area contributed by atoms with E-state index in [1.807, 2.05) is 25.1 Å². The predicted molar refractivity (Wildman–Crippen MR) is 58.7 cm³/mol. The minimum absolute atomic E-state index is 0.0826. The summed E-state index contributed by atoms with van der Waals surface area (Å²) in [5.41, 5.74) is 2.12. The van der Waals surface area contributed by atoms with E-state index in [2.05, 4.69) is 10.3 Å². The molecule has 0 atom stereocenters. The summed E-state index contributed by atoms with van der Waals surface area (Å²) in [5, 5.41) is 3.35. The van der Waals surface area contributed by atoms with E-state index in [9.17, 15) is 4.79 Å². The maximum atomic E-state index is 10.8. The van der Waals surface area contributed by atoms with Crippen LogP contribution >= 0.6 is 11.3 Å². The Morgan fingerprint density at radius 2 is 2.29 bits per heavy atom. The molecule has 3 nitrogen and oxygen atoms in total. The van der Waals surface area contributed by atoms with Crippen LogP contribution in [0, 0.1) is 6.92 Å². The predicted octanol–water partition coefficient (Wildman–Crippen LogP) is 2.56. The zero-order valence-corrected chi connectivity index (χ0v) is 8.81. The van der Waals surface area contributed by atoms with Gasteiger partial charge in [-0.05, 0) is 24.6 Å². The number of carbonyl (C=O) groups excluding carboxylic acids is 1. The van der Waals surface area contributed by atoms with Gasteiger partial charge in [-0.15, -0.1) is 0 Å². The lowest BCUT2D eigenvalue weighted by molar-refractivity contribution is -0.114. The van der Waals surface area contributed by atoms with E-state index in [0.717, 1.165) is 10.2 Å². The highest BCUT2D eigenvalue weighted by Crippen LogP contribution is 2.26. The maximum Gasteiger partial charge on any atom is 0.223 e. The first-order valence-corrected chi connectivity index (χ1v) is 5.11. The molecular formula is C10H10N2OS. The normalized spacial score (nSPS) is 10.4. The van der Waals surface area contributed by atoms with Gasteiger partial charge in [-0.25, -0.2) is 4.98 Å². The fraction of sp³-hybridized carbons (Fsp3) is 0.200. The molecule has 1 heterocycles. The number of thiazole rings is 1. The van der Waals surface area contributed by atoms with E-state index in [1.54, 1.807) is 0 Å². The van der Waals surface area contributed by atoms with Crippen LogP contribution in [0.2, 0.25) is 0 Å². The highest BCUT2D eigenvalue weighted by Gasteiger charge is 2.04. The van der Waals surface area contributed by atoms with Crippen LogP contribution in [0.25, 0.3) is 10.2 Å². The molecule has 72 valence electrons. The van der Waals surface area contributed by atoms with Crippen molar-refractivity contribution in [1.29, 1.82) is 0 Å². The van der Waals surface area contributed by atoms with Crippen LogP contribution in [0.15, 0.2) is 18.2 Å². The number of benzene rings is 1. The second kappa shape index (κ2) is 3.38. The number of nitrogens with zero attached hydrogens (tertiary/aromatic N) is 1. The van der Waals surface area contributed by atoms with Crippen molar-refractivity contribution < 1.29 is 4.79 Å². The van der Waals surface area contributed by atoms with E-state index < -0.39 is 0 Å². The molecule has 0 aliphatic heterocycles. The van der Waals surface area contributed by atoms with Crippen molar-refractivity contribution in [1.82, 2.24) is 4.98 Å². The summed E-state index contributed by atoms with van der Waals surface area (Å²) in [6.45, 7) is 3.51. The van der Waals surface area contributed by atoms with Crippen LogP contribution in [-0.4, -0.2) is 10.9 Å². The maximum absolute atomic E-state index is 10.8. The summed E-state index contributed by atoms with van der Waals surface area (Å²) in [6.07, 6.45) is 0. The van der Waals surface area contributed by atoms with Gasteiger partial charge >= 0.3 is 0 Å². The van der Waals surface area contributed by atoms with Gasteiger partial charge in [-0.3, -0.25) is 4.79 Å². The molecule has 0 saturated carbocycles. The summed E-state index contributed by atoms with van der Waals surface area (Å²) in [4.78, 5) is 15.1. The van der Waals surface area contributed by atoms with Gasteiger partial charge in [-0.1, -0.05) is 17.4 Å². The SMILES string of the molecule is CC(=O)Nc1nc2cc(C)ccc2s1. The number of fused-ring (bicyclic) bond motifs is 1. The first kappa shape index (κ1) is 9.15. The molecule has 14 heavy (non-hydrogen) atoms. The Labute approximate surface area is 85.8 Å². The van der Waals surface area contributed by atoms with E-state index >= 15 is 0 Å². The third kappa shape index (κ3) is 1.75. The van der Waals surface area contributed by atoms with Gasteiger partial charge in [0, 0.05) is 6.92 Å². The second-order valence-corrected chi connectivity index (χ2v) is 4.20. The van der Waals surface area contributed by atoms with Crippen molar-refractivity contribution in [3.05, 3.63) is 23.8 Å². The van der Waals surface area contributed by atoms with Crippen molar-refractivity contribution in [2.45, 2.75) is 13.8 Å². The molecule has 2 rings (SSSR count). The number of nitrogens with one attached hydrogen (secondary N) is 1. The van der Waals surface area contributed by atoms with Crippen molar-refractivity contribution >= 4 is 32.6 Å². The van der Waals surface area contributed by atoms with Crippen LogP contribution in [0.3, 0.4) is 0 Å². The van der Waals surface area contributed by atoms with Crippen molar-refractivity contribution in [3.8, 4) is 0 Å². The number of hydrogen-bond donors (Lipinski definition) is 1. The molecule has 0 saturated heterocycles. The molecule has 1 aromatic carbocycles. The van der Waals surface area contributed by atoms with E-state index in [-0.39, 0.29) is 5.91 Å². The summed E-state index contributed by atoms with van der Waals surface area (Å²) in [6, 6.07) is 6.07. The molecule has 1 N–H and O–H groups in total. The Morgan fingerprint density at radius 1 is 1.50 bits per heavy atom. The molecule has 4 heteroatoms. The topological polar surface area (TPSA) is 42.0 Å². The quantitative estimate of drug-likeness (QED) is 0.779. The van der Waals surface area contributed by atoms with E-state index in [0.29, 0.717) is 5.13 Å². The number of hydrogen-bond acceptors (Lipinski definition) is 3. The highest BCUT2D eigenvalue weighted by molar-refractivity contribution is 7.22. The third-order valence-corrected chi connectivity index (χ3v) is 2.78. The minimum Gasteiger partial charge on any atom is -0.302 e. The first-order valence-electron chi connectivity index (χ1n) is 4.30. The van der Waals surface area contributed by atoms with Gasteiger partial charge in [0.2, 0.25) is 5.91 Å².